The van der Waals surface area contributed by atoms with E-state index >= 15 is 0 Å². The number of thiazole rings is 1. The lowest BCUT2D eigenvalue weighted by Crippen LogP contribution is -2.15. The van der Waals surface area contributed by atoms with Crippen molar-refractivity contribution >= 4 is 39.8 Å². The van der Waals surface area contributed by atoms with Crippen LogP contribution in [0.4, 0.5) is 10.8 Å². The molecule has 1 aromatic heterocycles. The molecule has 2 heterocycles. The number of hydrogen-bond acceptors (Lipinski definition) is 7. The van der Waals surface area contributed by atoms with Gasteiger partial charge in [-0.15, -0.1) is 11.3 Å². The summed E-state index contributed by atoms with van der Waals surface area (Å²) in [5.41, 5.74) is 2.08. The van der Waals surface area contributed by atoms with Gasteiger partial charge in [0.1, 0.15) is 0 Å². The van der Waals surface area contributed by atoms with E-state index in [1.165, 1.54) is 11.3 Å². The molecule has 0 fully saturated rings. The van der Waals surface area contributed by atoms with E-state index in [4.69, 9.17) is 4.74 Å². The van der Waals surface area contributed by atoms with E-state index < -0.39 is 5.97 Å². The molecule has 2 N–H and O–H groups in total. The Morgan fingerprint density at radius 2 is 2.14 bits per heavy atom. The fourth-order valence-electron chi connectivity index (χ4n) is 2.80. The van der Waals surface area contributed by atoms with Crippen LogP contribution in [0.5, 0.6) is 0 Å². The van der Waals surface area contributed by atoms with Gasteiger partial charge in [-0.2, -0.15) is 0 Å². The SMILES string of the molecule is CC(C)CCNc1nc(C(=O)OCC(=O)c2ccc3c(c2)[C@H](C)C(=O)N3)cs1. The fourth-order valence-corrected chi connectivity index (χ4v) is 3.50. The maximum absolute atomic E-state index is 12.4. The Balaban J connectivity index is 1.54. The first-order valence-corrected chi connectivity index (χ1v) is 10.1. The van der Waals surface area contributed by atoms with Gasteiger partial charge in [-0.3, -0.25) is 9.59 Å². The third-order valence-electron chi connectivity index (χ3n) is 4.54. The summed E-state index contributed by atoms with van der Waals surface area (Å²) in [5, 5.41) is 8.20. The molecule has 7 nitrogen and oxygen atoms in total. The molecule has 2 aromatic rings. The summed E-state index contributed by atoms with van der Waals surface area (Å²) >= 11 is 1.33. The molecule has 1 aliphatic rings. The molecule has 0 saturated carbocycles. The van der Waals surface area contributed by atoms with Crippen molar-refractivity contribution in [3.8, 4) is 0 Å². The molecule has 0 spiro atoms. The topological polar surface area (TPSA) is 97.4 Å². The second kappa shape index (κ2) is 8.52. The zero-order chi connectivity index (χ0) is 20.3. The lowest BCUT2D eigenvalue weighted by Gasteiger charge is -2.06. The van der Waals surface area contributed by atoms with Crippen LogP contribution in [0.25, 0.3) is 0 Å². The van der Waals surface area contributed by atoms with E-state index in [1.807, 2.05) is 0 Å². The fraction of sp³-hybridized carbons (Fsp3) is 0.400. The highest BCUT2D eigenvalue weighted by atomic mass is 32.1. The number of anilines is 2. The van der Waals surface area contributed by atoms with Crippen molar-refractivity contribution < 1.29 is 19.1 Å². The van der Waals surface area contributed by atoms with Crippen LogP contribution in [0.1, 0.15) is 59.5 Å². The maximum atomic E-state index is 12.4. The highest BCUT2D eigenvalue weighted by Crippen LogP contribution is 2.32. The summed E-state index contributed by atoms with van der Waals surface area (Å²) in [6.07, 6.45) is 1.01. The zero-order valence-corrected chi connectivity index (χ0v) is 16.9. The number of aromatic nitrogens is 1. The minimum Gasteiger partial charge on any atom is -0.453 e. The smallest absolute Gasteiger partial charge is 0.358 e. The minimum atomic E-state index is -0.632. The van der Waals surface area contributed by atoms with Crippen molar-refractivity contribution in [2.24, 2.45) is 5.92 Å². The summed E-state index contributed by atoms with van der Waals surface area (Å²) in [7, 11) is 0. The van der Waals surface area contributed by atoms with Crippen LogP contribution < -0.4 is 10.6 Å². The average molecular weight is 401 g/mol. The monoisotopic (exact) mass is 401 g/mol. The van der Waals surface area contributed by atoms with E-state index in [-0.39, 0.29) is 29.9 Å². The van der Waals surface area contributed by atoms with Gasteiger partial charge in [-0.05, 0) is 43.0 Å². The van der Waals surface area contributed by atoms with E-state index in [2.05, 4.69) is 29.5 Å². The Hall–Kier alpha value is -2.74. The Kier molecular flexibility index (Phi) is 6.08. The molecule has 0 aliphatic carbocycles. The third kappa shape index (κ3) is 4.56. The molecule has 0 bridgehead atoms. The Bertz CT molecular complexity index is 907. The van der Waals surface area contributed by atoms with Gasteiger partial charge in [0.25, 0.3) is 0 Å². The number of carbonyl (C=O) groups is 3. The number of fused-ring (bicyclic) bond motifs is 1. The molecule has 3 rings (SSSR count). The van der Waals surface area contributed by atoms with Gasteiger partial charge in [0, 0.05) is 23.2 Å². The van der Waals surface area contributed by atoms with Gasteiger partial charge in [-0.25, -0.2) is 9.78 Å². The van der Waals surface area contributed by atoms with Crippen molar-refractivity contribution in [1.82, 2.24) is 4.98 Å². The van der Waals surface area contributed by atoms with Gasteiger partial charge < -0.3 is 15.4 Å². The number of ether oxygens (including phenoxy) is 1. The van der Waals surface area contributed by atoms with E-state index in [0.29, 0.717) is 22.3 Å². The second-order valence-corrected chi connectivity index (χ2v) is 8.02. The van der Waals surface area contributed by atoms with Crippen molar-refractivity contribution in [3.63, 3.8) is 0 Å². The first kappa shape index (κ1) is 20.0. The number of Topliss-reactive ketones (excluding diaryl/α,β-unsaturated/α-hetero) is 1. The van der Waals surface area contributed by atoms with Crippen LogP contribution in [-0.4, -0.2) is 35.8 Å². The number of benzene rings is 1. The van der Waals surface area contributed by atoms with Crippen LogP contribution in [0.2, 0.25) is 0 Å². The molecule has 28 heavy (non-hydrogen) atoms. The number of ketones is 1. The summed E-state index contributed by atoms with van der Waals surface area (Å²) in [6.45, 7) is 6.47. The molecule has 1 amide bonds. The zero-order valence-electron chi connectivity index (χ0n) is 16.1. The van der Waals surface area contributed by atoms with Crippen LogP contribution in [0.3, 0.4) is 0 Å². The van der Waals surface area contributed by atoms with Crippen LogP contribution in [0, 0.1) is 5.92 Å². The number of amides is 1. The number of rotatable bonds is 8. The van der Waals surface area contributed by atoms with Gasteiger partial charge >= 0.3 is 5.97 Å². The first-order valence-electron chi connectivity index (χ1n) is 9.19. The van der Waals surface area contributed by atoms with Gasteiger partial charge in [0.2, 0.25) is 5.91 Å². The predicted molar refractivity (Wildman–Crippen MR) is 108 cm³/mol. The Morgan fingerprint density at radius 3 is 2.89 bits per heavy atom. The lowest BCUT2D eigenvalue weighted by atomic mass is 9.99. The molecule has 1 aliphatic heterocycles. The Labute approximate surface area is 167 Å². The molecule has 0 saturated heterocycles. The summed E-state index contributed by atoms with van der Waals surface area (Å²) < 4.78 is 5.11. The number of esters is 1. The largest absolute Gasteiger partial charge is 0.453 e. The number of hydrogen-bond donors (Lipinski definition) is 2. The number of nitrogens with zero attached hydrogens (tertiary/aromatic N) is 1. The first-order chi connectivity index (χ1) is 13.3. The number of nitrogens with one attached hydrogen (secondary N) is 2. The van der Waals surface area contributed by atoms with Gasteiger partial charge in [0.05, 0.1) is 5.92 Å². The highest BCUT2D eigenvalue weighted by molar-refractivity contribution is 7.13. The molecule has 0 unspecified atom stereocenters. The Morgan fingerprint density at radius 1 is 1.36 bits per heavy atom. The maximum Gasteiger partial charge on any atom is 0.358 e. The van der Waals surface area contributed by atoms with Crippen LogP contribution in [0.15, 0.2) is 23.6 Å². The molecule has 8 heteroatoms. The summed E-state index contributed by atoms with van der Waals surface area (Å²) in [6, 6.07) is 4.99. The second-order valence-electron chi connectivity index (χ2n) is 7.16. The van der Waals surface area contributed by atoms with Crippen LogP contribution >= 0.6 is 11.3 Å². The lowest BCUT2D eigenvalue weighted by molar-refractivity contribution is -0.116. The third-order valence-corrected chi connectivity index (χ3v) is 5.34. The highest BCUT2D eigenvalue weighted by Gasteiger charge is 2.27. The summed E-state index contributed by atoms with van der Waals surface area (Å²) in [5.74, 6) is -0.769. The minimum absolute atomic E-state index is 0.0904. The van der Waals surface area contributed by atoms with Crippen LogP contribution in [-0.2, 0) is 9.53 Å². The summed E-state index contributed by atoms with van der Waals surface area (Å²) in [4.78, 5) is 40.4. The van der Waals surface area contributed by atoms with E-state index in [9.17, 15) is 14.4 Å². The molecular formula is C20H23N3O4S. The standard InChI is InChI=1S/C20H23N3O4S/c1-11(2)6-7-21-20-23-16(10-28-20)19(26)27-9-17(24)13-4-5-15-14(8-13)12(3)18(25)22-15/h4-5,8,10-12H,6-7,9H2,1-3H3,(H,21,23)(H,22,25)/t12-/m0/s1. The molecular weight excluding hydrogens is 378 g/mol. The van der Waals surface area contributed by atoms with Crippen molar-refractivity contribution in [3.05, 3.63) is 40.4 Å². The van der Waals surface area contributed by atoms with Gasteiger partial charge in [0.15, 0.2) is 23.2 Å². The van der Waals surface area contributed by atoms with E-state index in [1.54, 1.807) is 30.5 Å². The molecule has 1 atom stereocenters. The van der Waals surface area contributed by atoms with Gasteiger partial charge in [-0.1, -0.05) is 13.8 Å². The predicted octanol–water partition coefficient (Wildman–Crippen LogP) is 3.70. The van der Waals surface area contributed by atoms with Crippen molar-refractivity contribution in [2.45, 2.75) is 33.1 Å². The van der Waals surface area contributed by atoms with Crippen molar-refractivity contribution in [2.75, 3.05) is 23.8 Å². The molecule has 148 valence electrons. The van der Waals surface area contributed by atoms with E-state index in [0.717, 1.165) is 18.5 Å². The number of carbonyl (C=O) groups excluding carboxylic acids is 3. The quantitative estimate of drug-likeness (QED) is 0.517. The average Bonchev–Trinajstić information content (AvgIpc) is 3.24. The normalized spacial score (nSPS) is 15.3. The molecule has 0 radical (unpaired) electrons. The van der Waals surface area contributed by atoms with Crippen molar-refractivity contribution in [1.29, 1.82) is 0 Å². The molecule has 1 aromatic carbocycles.